The zero-order chi connectivity index (χ0) is 11.0. The maximum absolute atomic E-state index is 13.3. The van der Waals surface area contributed by atoms with E-state index in [9.17, 15) is 8.78 Å². The zero-order valence-electron chi connectivity index (χ0n) is 8.36. The van der Waals surface area contributed by atoms with Crippen molar-refractivity contribution in [1.82, 2.24) is 0 Å². The van der Waals surface area contributed by atoms with Gasteiger partial charge in [-0.1, -0.05) is 6.92 Å². The number of hydrogen-bond acceptors (Lipinski definition) is 1. The molecule has 1 aromatic carbocycles. The van der Waals surface area contributed by atoms with Crippen LogP contribution in [0.15, 0.2) is 16.6 Å². The van der Waals surface area contributed by atoms with Gasteiger partial charge in [0.25, 0.3) is 0 Å². The van der Waals surface area contributed by atoms with Crippen LogP contribution in [0.1, 0.15) is 19.8 Å². The molecule has 82 valence electrons. The first-order valence-electron chi connectivity index (χ1n) is 4.97. The summed E-state index contributed by atoms with van der Waals surface area (Å²) in [6.45, 7) is 2.16. The summed E-state index contributed by atoms with van der Waals surface area (Å²) in [6, 6.07) is 2.68. The van der Waals surface area contributed by atoms with Crippen molar-refractivity contribution in [2.24, 2.45) is 5.92 Å². The molecule has 15 heavy (non-hydrogen) atoms. The van der Waals surface area contributed by atoms with Crippen LogP contribution in [0.25, 0.3) is 0 Å². The van der Waals surface area contributed by atoms with E-state index in [1.807, 2.05) is 0 Å². The van der Waals surface area contributed by atoms with Crippen molar-refractivity contribution in [3.05, 3.63) is 28.2 Å². The standard InChI is InChI=1S/C11H12BrF2N/c1-6-2-7(3-6)15-11-4-8(12)9(13)5-10(11)14/h4-7,15H,2-3H2,1H3. The first-order valence-corrected chi connectivity index (χ1v) is 5.76. The molecule has 0 bridgehead atoms. The maximum atomic E-state index is 13.3. The van der Waals surface area contributed by atoms with Gasteiger partial charge in [-0.3, -0.25) is 0 Å². The number of anilines is 1. The molecule has 1 aromatic rings. The molecule has 0 atom stereocenters. The fourth-order valence-corrected chi connectivity index (χ4v) is 2.22. The van der Waals surface area contributed by atoms with E-state index in [-0.39, 0.29) is 0 Å². The molecular weight excluding hydrogens is 264 g/mol. The minimum atomic E-state index is -0.569. The highest BCUT2D eigenvalue weighted by Crippen LogP contribution is 2.31. The van der Waals surface area contributed by atoms with Gasteiger partial charge in [-0.25, -0.2) is 8.78 Å². The molecule has 2 rings (SSSR count). The van der Waals surface area contributed by atoms with Crippen LogP contribution >= 0.6 is 15.9 Å². The number of halogens is 3. The highest BCUT2D eigenvalue weighted by molar-refractivity contribution is 9.10. The second-order valence-corrected chi connectivity index (χ2v) is 5.02. The normalized spacial score (nSPS) is 24.8. The van der Waals surface area contributed by atoms with E-state index < -0.39 is 11.6 Å². The predicted molar refractivity (Wildman–Crippen MR) is 59.9 cm³/mol. The molecule has 0 radical (unpaired) electrons. The van der Waals surface area contributed by atoms with Gasteiger partial charge in [0.15, 0.2) is 0 Å². The molecule has 1 saturated carbocycles. The lowest BCUT2D eigenvalue weighted by Crippen LogP contribution is -2.34. The van der Waals surface area contributed by atoms with Crippen LogP contribution in [0.5, 0.6) is 0 Å². The van der Waals surface area contributed by atoms with E-state index in [0.717, 1.165) is 18.9 Å². The van der Waals surface area contributed by atoms with Crippen LogP contribution in [0, 0.1) is 17.6 Å². The molecule has 0 amide bonds. The van der Waals surface area contributed by atoms with Crippen molar-refractivity contribution in [1.29, 1.82) is 0 Å². The SMILES string of the molecule is CC1CC(Nc2cc(Br)c(F)cc2F)C1. The Labute approximate surface area is 96.0 Å². The van der Waals surface area contributed by atoms with Crippen molar-refractivity contribution >= 4 is 21.6 Å². The Kier molecular flexibility index (Phi) is 2.96. The highest BCUT2D eigenvalue weighted by Gasteiger charge is 2.25. The predicted octanol–water partition coefficient (Wildman–Crippen LogP) is 3.94. The van der Waals surface area contributed by atoms with Gasteiger partial charge in [0, 0.05) is 12.1 Å². The van der Waals surface area contributed by atoms with Crippen molar-refractivity contribution in [2.45, 2.75) is 25.8 Å². The van der Waals surface area contributed by atoms with E-state index in [0.29, 0.717) is 22.1 Å². The van der Waals surface area contributed by atoms with Crippen LogP contribution < -0.4 is 5.32 Å². The summed E-state index contributed by atoms with van der Waals surface area (Å²) in [7, 11) is 0. The summed E-state index contributed by atoms with van der Waals surface area (Å²) in [4.78, 5) is 0. The second-order valence-electron chi connectivity index (χ2n) is 4.16. The van der Waals surface area contributed by atoms with Gasteiger partial charge in [-0.05, 0) is 40.8 Å². The largest absolute Gasteiger partial charge is 0.380 e. The van der Waals surface area contributed by atoms with E-state index in [1.165, 1.54) is 6.07 Å². The van der Waals surface area contributed by atoms with E-state index in [1.54, 1.807) is 0 Å². The zero-order valence-corrected chi connectivity index (χ0v) is 9.94. The van der Waals surface area contributed by atoms with Crippen LogP contribution in [0.3, 0.4) is 0 Å². The van der Waals surface area contributed by atoms with E-state index in [2.05, 4.69) is 28.2 Å². The van der Waals surface area contributed by atoms with Crippen LogP contribution in [0.2, 0.25) is 0 Å². The maximum Gasteiger partial charge on any atom is 0.149 e. The third-order valence-corrected chi connectivity index (χ3v) is 3.35. The van der Waals surface area contributed by atoms with Gasteiger partial charge in [-0.15, -0.1) is 0 Å². The molecule has 1 aliphatic rings. The Bertz CT molecular complexity index is 375. The third kappa shape index (κ3) is 2.30. The Balaban J connectivity index is 2.11. The highest BCUT2D eigenvalue weighted by atomic mass is 79.9. The number of rotatable bonds is 2. The summed E-state index contributed by atoms with van der Waals surface area (Å²) in [6.07, 6.45) is 2.10. The lowest BCUT2D eigenvalue weighted by Gasteiger charge is -2.34. The molecule has 1 N–H and O–H groups in total. The average molecular weight is 276 g/mol. The lowest BCUT2D eigenvalue weighted by atomic mass is 9.82. The molecule has 1 aliphatic carbocycles. The molecule has 0 spiro atoms. The fourth-order valence-electron chi connectivity index (χ4n) is 1.87. The molecule has 1 nitrogen and oxygen atoms in total. The Morgan fingerprint density at radius 3 is 2.53 bits per heavy atom. The Morgan fingerprint density at radius 1 is 1.27 bits per heavy atom. The molecule has 0 unspecified atom stereocenters. The molecule has 1 fully saturated rings. The second kappa shape index (κ2) is 4.08. The lowest BCUT2D eigenvalue weighted by molar-refractivity contribution is 0.308. The molecule has 0 aromatic heterocycles. The molecule has 0 aliphatic heterocycles. The van der Waals surface area contributed by atoms with Gasteiger partial charge in [0.05, 0.1) is 10.2 Å². The fraction of sp³-hybridized carbons (Fsp3) is 0.455. The summed E-state index contributed by atoms with van der Waals surface area (Å²) in [5.41, 5.74) is 0.375. The Hall–Kier alpha value is -0.640. The van der Waals surface area contributed by atoms with Crippen LogP contribution in [-0.2, 0) is 0 Å². The molecular formula is C11H12BrF2N. The summed E-state index contributed by atoms with van der Waals surface area (Å²) in [5.74, 6) is -0.398. The number of nitrogens with one attached hydrogen (secondary N) is 1. The summed E-state index contributed by atoms with van der Waals surface area (Å²) in [5, 5.41) is 3.07. The topological polar surface area (TPSA) is 12.0 Å². The summed E-state index contributed by atoms with van der Waals surface area (Å²) >= 11 is 3.04. The monoisotopic (exact) mass is 275 g/mol. The smallest absolute Gasteiger partial charge is 0.149 e. The van der Waals surface area contributed by atoms with Crippen LogP contribution in [0.4, 0.5) is 14.5 Å². The van der Waals surface area contributed by atoms with E-state index in [4.69, 9.17) is 0 Å². The molecule has 0 heterocycles. The van der Waals surface area contributed by atoms with E-state index >= 15 is 0 Å². The van der Waals surface area contributed by atoms with Crippen LogP contribution in [-0.4, -0.2) is 6.04 Å². The quantitative estimate of drug-likeness (QED) is 0.807. The average Bonchev–Trinajstić information content (AvgIpc) is 2.11. The van der Waals surface area contributed by atoms with Gasteiger partial charge < -0.3 is 5.32 Å². The number of hydrogen-bond donors (Lipinski definition) is 1. The van der Waals surface area contributed by atoms with Gasteiger partial charge in [0.1, 0.15) is 11.6 Å². The summed E-state index contributed by atoms with van der Waals surface area (Å²) < 4.78 is 26.6. The van der Waals surface area contributed by atoms with Gasteiger partial charge in [-0.2, -0.15) is 0 Å². The van der Waals surface area contributed by atoms with Gasteiger partial charge in [0.2, 0.25) is 0 Å². The van der Waals surface area contributed by atoms with Gasteiger partial charge >= 0.3 is 0 Å². The first-order chi connectivity index (χ1) is 7.06. The minimum absolute atomic E-state index is 0.291. The Morgan fingerprint density at radius 2 is 1.93 bits per heavy atom. The third-order valence-electron chi connectivity index (χ3n) is 2.74. The van der Waals surface area contributed by atoms with Crippen molar-refractivity contribution < 1.29 is 8.78 Å². The molecule has 4 heteroatoms. The van der Waals surface area contributed by atoms with Crippen molar-refractivity contribution in [3.63, 3.8) is 0 Å². The molecule has 0 saturated heterocycles. The van der Waals surface area contributed by atoms with Crippen molar-refractivity contribution in [3.8, 4) is 0 Å². The minimum Gasteiger partial charge on any atom is -0.380 e. The first kappa shape index (κ1) is 10.9. The van der Waals surface area contributed by atoms with Crippen molar-refractivity contribution in [2.75, 3.05) is 5.32 Å². The number of benzene rings is 1.